The average molecular weight is 550 g/mol. The highest BCUT2D eigenvalue weighted by Gasteiger charge is 2.65. The summed E-state index contributed by atoms with van der Waals surface area (Å²) in [5.74, 6) is -0.954. The maximum Gasteiger partial charge on any atom is 0.256 e. The van der Waals surface area contributed by atoms with Crippen molar-refractivity contribution in [1.29, 1.82) is 5.26 Å². The lowest BCUT2D eigenvalue weighted by molar-refractivity contribution is -0.204. The van der Waals surface area contributed by atoms with Crippen LogP contribution in [-0.2, 0) is 24.2 Å². The molecule has 1 aromatic carbocycles. The van der Waals surface area contributed by atoms with Crippen molar-refractivity contribution in [2.75, 3.05) is 11.9 Å². The summed E-state index contributed by atoms with van der Waals surface area (Å²) >= 11 is 0. The lowest BCUT2D eigenvalue weighted by Gasteiger charge is -2.37. The topological polar surface area (TPSA) is 120 Å². The summed E-state index contributed by atoms with van der Waals surface area (Å²) in [6, 6.07) is 14.8. The lowest BCUT2D eigenvalue weighted by atomic mass is 9.92. The van der Waals surface area contributed by atoms with Gasteiger partial charge in [-0.25, -0.2) is 0 Å². The largest absolute Gasteiger partial charge is 0.414 e. The van der Waals surface area contributed by atoms with Gasteiger partial charge in [-0.05, 0) is 56.2 Å². The first-order chi connectivity index (χ1) is 18.3. The molecule has 1 N–H and O–H groups in total. The Labute approximate surface area is 229 Å². The third kappa shape index (κ3) is 4.77. The van der Waals surface area contributed by atoms with Crippen molar-refractivity contribution in [3.8, 4) is 6.07 Å². The van der Waals surface area contributed by atoms with Gasteiger partial charge in [0.1, 0.15) is 30.7 Å². The van der Waals surface area contributed by atoms with Crippen LogP contribution in [0.15, 0.2) is 48.8 Å². The molecule has 0 bridgehead atoms. The summed E-state index contributed by atoms with van der Waals surface area (Å²) in [5.41, 5.74) is 0.0667. The van der Waals surface area contributed by atoms with Crippen molar-refractivity contribution < 1.29 is 23.4 Å². The number of anilines is 1. The molecule has 2 saturated heterocycles. The van der Waals surface area contributed by atoms with E-state index in [2.05, 4.69) is 55.4 Å². The minimum Gasteiger partial charge on any atom is -0.414 e. The predicted molar refractivity (Wildman–Crippen MR) is 147 cm³/mol. The monoisotopic (exact) mass is 549 g/mol. The number of aromatic nitrogens is 3. The molecular formula is C28H35N5O5Si. The molecule has 4 atom stereocenters. The number of nitriles is 1. The fourth-order valence-corrected chi connectivity index (χ4v) is 5.86. The maximum absolute atomic E-state index is 12.8. The first-order valence-electron chi connectivity index (χ1n) is 13.1. The Morgan fingerprint density at radius 3 is 2.54 bits per heavy atom. The van der Waals surface area contributed by atoms with Crippen LogP contribution in [0.1, 0.15) is 50.7 Å². The maximum atomic E-state index is 12.8. The van der Waals surface area contributed by atoms with Gasteiger partial charge in [0.2, 0.25) is 5.60 Å². The predicted octanol–water partition coefficient (Wildman–Crippen LogP) is 4.64. The Hall–Kier alpha value is -3.14. The molecule has 206 valence electrons. The third-order valence-corrected chi connectivity index (χ3v) is 12.4. The SMILES string of the molecule is CC1(C)O[C@H]2[C@@H](O1)[C@](C#N)(c1ccc3c(NC(=O)c4ccccc4)nncn13)O[C@@H]2CO[Si](C)(C)C(C)(C)C. The zero-order valence-electron chi connectivity index (χ0n) is 23.4. The fraction of sp³-hybridized carbons (Fsp3) is 0.500. The zero-order valence-corrected chi connectivity index (χ0v) is 24.4. The smallest absolute Gasteiger partial charge is 0.256 e. The number of hydrogen-bond donors (Lipinski definition) is 1. The Bertz CT molecular complexity index is 1430. The molecule has 2 aromatic heterocycles. The van der Waals surface area contributed by atoms with Gasteiger partial charge < -0.3 is 24.0 Å². The summed E-state index contributed by atoms with van der Waals surface area (Å²) in [6.45, 7) is 14.8. The van der Waals surface area contributed by atoms with Crippen LogP contribution < -0.4 is 5.32 Å². The van der Waals surface area contributed by atoms with Crippen LogP contribution in [0.3, 0.4) is 0 Å². The molecule has 2 aliphatic rings. The summed E-state index contributed by atoms with van der Waals surface area (Å²) in [6.07, 6.45) is -0.245. The normalized spacial score (nSPS) is 26.4. The van der Waals surface area contributed by atoms with E-state index < -0.39 is 38.0 Å². The van der Waals surface area contributed by atoms with Gasteiger partial charge in [0.05, 0.1) is 17.8 Å². The number of carbonyl (C=O) groups excluding carboxylic acids is 1. The summed E-state index contributed by atoms with van der Waals surface area (Å²) in [4.78, 5) is 12.8. The number of amides is 1. The second-order valence-electron chi connectivity index (χ2n) is 12.1. The van der Waals surface area contributed by atoms with E-state index >= 15 is 0 Å². The van der Waals surface area contributed by atoms with Gasteiger partial charge in [-0.3, -0.25) is 9.20 Å². The van der Waals surface area contributed by atoms with E-state index in [0.29, 0.717) is 16.8 Å². The number of ether oxygens (including phenoxy) is 3. The summed E-state index contributed by atoms with van der Waals surface area (Å²) in [5, 5.41) is 21.7. The summed E-state index contributed by atoms with van der Waals surface area (Å²) < 4.78 is 27.3. The van der Waals surface area contributed by atoms with Crippen LogP contribution in [-0.4, -0.2) is 59.5 Å². The summed E-state index contributed by atoms with van der Waals surface area (Å²) in [7, 11) is -2.09. The highest BCUT2D eigenvalue weighted by molar-refractivity contribution is 6.74. The Kier molecular flexibility index (Phi) is 6.68. The van der Waals surface area contributed by atoms with E-state index in [0.717, 1.165) is 0 Å². The molecule has 2 aliphatic heterocycles. The van der Waals surface area contributed by atoms with Crippen LogP contribution in [0.25, 0.3) is 5.52 Å². The standard InChI is InChI=1S/C28H35N5O5Si/c1-26(2,3)39(6,7)35-15-20-22-23(38-27(4,5)37-22)28(16-29,36-20)21-14-13-19-24(32-30-17-33(19)21)31-25(34)18-11-9-8-10-12-18/h8-14,17,20,22-23H,15H2,1-7H3,(H,31,32,34)/t20-,22-,23-,28+/m1/s1. The van der Waals surface area contributed by atoms with E-state index in [-0.39, 0.29) is 23.4 Å². The molecule has 0 radical (unpaired) electrons. The van der Waals surface area contributed by atoms with Crippen molar-refractivity contribution in [2.45, 2.75) is 82.5 Å². The van der Waals surface area contributed by atoms with Crippen LogP contribution in [0.4, 0.5) is 5.82 Å². The molecule has 4 heterocycles. The fourth-order valence-electron chi connectivity index (χ4n) is 4.85. The van der Waals surface area contributed by atoms with Crippen molar-refractivity contribution in [3.63, 3.8) is 0 Å². The molecule has 1 amide bonds. The first-order valence-corrected chi connectivity index (χ1v) is 16.0. The number of nitrogens with zero attached hydrogens (tertiary/aromatic N) is 4. The molecule has 0 spiro atoms. The second kappa shape index (κ2) is 9.50. The number of nitrogens with one attached hydrogen (secondary N) is 1. The van der Waals surface area contributed by atoms with Crippen molar-refractivity contribution in [3.05, 3.63) is 60.0 Å². The van der Waals surface area contributed by atoms with E-state index in [4.69, 9.17) is 18.6 Å². The van der Waals surface area contributed by atoms with Crippen LogP contribution >= 0.6 is 0 Å². The van der Waals surface area contributed by atoms with Gasteiger partial charge in [0, 0.05) is 5.56 Å². The van der Waals surface area contributed by atoms with Crippen molar-refractivity contribution >= 4 is 25.6 Å². The molecule has 11 heteroatoms. The molecule has 0 aliphatic carbocycles. The van der Waals surface area contributed by atoms with Gasteiger partial charge in [0.15, 0.2) is 19.9 Å². The quantitative estimate of drug-likeness (QED) is 0.442. The van der Waals surface area contributed by atoms with E-state index in [1.807, 2.05) is 19.9 Å². The molecule has 0 saturated carbocycles. The van der Waals surface area contributed by atoms with Gasteiger partial charge in [-0.2, -0.15) is 5.26 Å². The number of rotatable bonds is 6. The van der Waals surface area contributed by atoms with Crippen LogP contribution in [0.2, 0.25) is 18.1 Å². The van der Waals surface area contributed by atoms with Crippen LogP contribution in [0.5, 0.6) is 0 Å². The highest BCUT2D eigenvalue weighted by atomic mass is 28.4. The third-order valence-electron chi connectivity index (χ3n) is 7.95. The van der Waals surface area contributed by atoms with Gasteiger partial charge in [-0.15, -0.1) is 10.2 Å². The van der Waals surface area contributed by atoms with E-state index in [9.17, 15) is 10.1 Å². The van der Waals surface area contributed by atoms with Gasteiger partial charge >= 0.3 is 0 Å². The molecule has 5 rings (SSSR count). The van der Waals surface area contributed by atoms with Gasteiger partial charge in [-0.1, -0.05) is 39.0 Å². The molecule has 2 fully saturated rings. The zero-order chi connectivity index (χ0) is 28.2. The molecule has 39 heavy (non-hydrogen) atoms. The Balaban J connectivity index is 1.50. The Morgan fingerprint density at radius 1 is 1.15 bits per heavy atom. The molecule has 10 nitrogen and oxygen atoms in total. The van der Waals surface area contributed by atoms with E-state index in [1.165, 1.54) is 6.33 Å². The second-order valence-corrected chi connectivity index (χ2v) is 16.9. The molecular weight excluding hydrogens is 514 g/mol. The van der Waals surface area contributed by atoms with Gasteiger partial charge in [0.25, 0.3) is 5.91 Å². The number of fused-ring (bicyclic) bond motifs is 2. The average Bonchev–Trinajstić information content (AvgIpc) is 3.53. The minimum absolute atomic E-state index is 0.0145. The van der Waals surface area contributed by atoms with Crippen molar-refractivity contribution in [1.82, 2.24) is 14.6 Å². The number of carbonyl (C=O) groups is 1. The minimum atomic E-state index is -2.09. The lowest BCUT2D eigenvalue weighted by Crippen LogP contribution is -2.44. The van der Waals surface area contributed by atoms with E-state index in [1.54, 1.807) is 40.8 Å². The van der Waals surface area contributed by atoms with Crippen LogP contribution in [0, 0.1) is 11.3 Å². The molecule has 3 aromatic rings. The first kappa shape index (κ1) is 27.4. The highest BCUT2D eigenvalue weighted by Crippen LogP contribution is 2.50. The number of benzene rings is 1. The van der Waals surface area contributed by atoms with Crippen molar-refractivity contribution in [2.24, 2.45) is 0 Å². The molecule has 0 unspecified atom stereocenters. The number of hydrogen-bond acceptors (Lipinski definition) is 8. The Morgan fingerprint density at radius 2 is 1.87 bits per heavy atom.